The average Bonchev–Trinajstić information content (AvgIpc) is 3.12. The lowest BCUT2D eigenvalue weighted by atomic mass is 10.4. The van der Waals surface area contributed by atoms with E-state index in [2.05, 4.69) is 43.0 Å². The molecule has 1 saturated carbocycles. The molecule has 0 bridgehead atoms. The Labute approximate surface area is 121 Å². The van der Waals surface area contributed by atoms with E-state index in [4.69, 9.17) is 0 Å². The zero-order chi connectivity index (χ0) is 13.2. The maximum atomic E-state index is 4.46. The molecule has 2 aromatic rings. The minimum absolute atomic E-state index is 0.814. The molecule has 0 saturated heterocycles. The molecule has 1 aliphatic rings. The van der Waals surface area contributed by atoms with Crippen molar-refractivity contribution in [2.75, 3.05) is 25.0 Å². The first kappa shape index (κ1) is 12.9. The minimum Gasteiger partial charge on any atom is -0.366 e. The number of nitrogens with zero attached hydrogens (tertiary/aromatic N) is 4. The van der Waals surface area contributed by atoms with Gasteiger partial charge in [0.25, 0.3) is 0 Å². The van der Waals surface area contributed by atoms with Crippen LogP contribution in [0.15, 0.2) is 23.2 Å². The zero-order valence-electron chi connectivity index (χ0n) is 11.0. The van der Waals surface area contributed by atoms with Gasteiger partial charge < -0.3 is 9.72 Å². The zero-order valence-corrected chi connectivity index (χ0v) is 12.6. The smallest absolute Gasteiger partial charge is 0.180 e. The van der Waals surface area contributed by atoms with Crippen LogP contribution in [0.1, 0.15) is 19.8 Å². The van der Waals surface area contributed by atoms with Gasteiger partial charge in [-0.2, -0.15) is 0 Å². The normalized spacial score (nSPS) is 15.3. The van der Waals surface area contributed by atoms with Crippen molar-refractivity contribution in [3.05, 3.63) is 23.2 Å². The number of rotatable bonds is 6. The van der Waals surface area contributed by atoms with Crippen molar-refractivity contribution in [2.45, 2.75) is 25.8 Å². The molecule has 1 N–H and O–H groups in total. The summed E-state index contributed by atoms with van der Waals surface area (Å²) in [5, 5.41) is 3.40. The van der Waals surface area contributed by atoms with Gasteiger partial charge in [-0.1, -0.05) is 6.92 Å². The first-order chi connectivity index (χ1) is 9.28. The summed E-state index contributed by atoms with van der Waals surface area (Å²) in [6.45, 7) is 5.30. The Hall–Kier alpha value is -1.14. The third kappa shape index (κ3) is 2.90. The number of nitrogens with one attached hydrogen (secondary N) is 1. The largest absolute Gasteiger partial charge is 0.366 e. The molecule has 0 aliphatic heterocycles. The van der Waals surface area contributed by atoms with Crippen LogP contribution >= 0.6 is 15.9 Å². The SMILES string of the molecule is CCN(CCNc1nc(Br)cn2ccnc12)C1CC1. The molecule has 0 atom stereocenters. The number of hydrogen-bond donors (Lipinski definition) is 1. The Morgan fingerprint density at radius 3 is 3.11 bits per heavy atom. The summed E-state index contributed by atoms with van der Waals surface area (Å²) in [5.41, 5.74) is 0.873. The van der Waals surface area contributed by atoms with E-state index in [0.717, 1.165) is 41.7 Å². The standard InChI is InChI=1S/C13H18BrN5/c1-2-18(10-3-4-10)7-5-15-12-13-16-6-8-19(13)9-11(14)17-12/h6,8-10H,2-5,7H2,1H3,(H,15,17). The second-order valence-corrected chi connectivity index (χ2v) is 5.67. The lowest BCUT2D eigenvalue weighted by Gasteiger charge is -2.20. The highest BCUT2D eigenvalue weighted by atomic mass is 79.9. The molecule has 5 nitrogen and oxygen atoms in total. The number of imidazole rings is 1. The van der Waals surface area contributed by atoms with Gasteiger partial charge in [0.05, 0.1) is 0 Å². The molecule has 0 amide bonds. The van der Waals surface area contributed by atoms with Crippen molar-refractivity contribution >= 4 is 27.4 Å². The van der Waals surface area contributed by atoms with Gasteiger partial charge in [-0.15, -0.1) is 0 Å². The minimum atomic E-state index is 0.814. The first-order valence-electron chi connectivity index (χ1n) is 6.75. The topological polar surface area (TPSA) is 45.5 Å². The van der Waals surface area contributed by atoms with Gasteiger partial charge in [0.2, 0.25) is 0 Å². The predicted molar refractivity (Wildman–Crippen MR) is 79.4 cm³/mol. The van der Waals surface area contributed by atoms with Crippen molar-refractivity contribution in [1.82, 2.24) is 19.3 Å². The predicted octanol–water partition coefficient (Wildman–Crippen LogP) is 2.39. The van der Waals surface area contributed by atoms with Gasteiger partial charge >= 0.3 is 0 Å². The summed E-state index contributed by atoms with van der Waals surface area (Å²) in [7, 11) is 0. The third-order valence-electron chi connectivity index (χ3n) is 3.51. The van der Waals surface area contributed by atoms with Gasteiger partial charge in [-0.3, -0.25) is 4.90 Å². The molecule has 2 heterocycles. The molecule has 0 unspecified atom stereocenters. The van der Waals surface area contributed by atoms with Crippen molar-refractivity contribution in [3.8, 4) is 0 Å². The van der Waals surface area contributed by atoms with E-state index < -0.39 is 0 Å². The van der Waals surface area contributed by atoms with Crippen LogP contribution in [0.5, 0.6) is 0 Å². The van der Waals surface area contributed by atoms with Crippen molar-refractivity contribution in [3.63, 3.8) is 0 Å². The summed E-state index contributed by atoms with van der Waals surface area (Å²) in [5.74, 6) is 0.839. The van der Waals surface area contributed by atoms with E-state index in [1.807, 2.05) is 16.8 Å². The second kappa shape index (κ2) is 5.46. The monoisotopic (exact) mass is 323 g/mol. The van der Waals surface area contributed by atoms with E-state index in [0.29, 0.717) is 0 Å². The fourth-order valence-electron chi connectivity index (χ4n) is 2.38. The summed E-state index contributed by atoms with van der Waals surface area (Å²) in [4.78, 5) is 11.3. The molecule has 3 rings (SSSR count). The molecule has 19 heavy (non-hydrogen) atoms. The number of likely N-dealkylation sites (N-methyl/N-ethyl adjacent to an activating group) is 1. The Kier molecular flexibility index (Phi) is 3.70. The van der Waals surface area contributed by atoms with Crippen LogP contribution in [0, 0.1) is 0 Å². The molecule has 0 aromatic carbocycles. The molecule has 2 aromatic heterocycles. The summed E-state index contributed by atoms with van der Waals surface area (Å²) in [6.07, 6.45) is 8.34. The Bertz CT molecular complexity index is 563. The van der Waals surface area contributed by atoms with Crippen LogP contribution in [0.25, 0.3) is 5.65 Å². The van der Waals surface area contributed by atoms with Crippen LogP contribution in [0.3, 0.4) is 0 Å². The fourth-order valence-corrected chi connectivity index (χ4v) is 2.77. The van der Waals surface area contributed by atoms with Crippen molar-refractivity contribution < 1.29 is 0 Å². The number of aromatic nitrogens is 3. The lowest BCUT2D eigenvalue weighted by Crippen LogP contribution is -2.31. The Morgan fingerprint density at radius 2 is 2.37 bits per heavy atom. The summed E-state index contributed by atoms with van der Waals surface area (Å²) in [6, 6.07) is 0.814. The van der Waals surface area contributed by atoms with Crippen molar-refractivity contribution in [1.29, 1.82) is 0 Å². The average molecular weight is 324 g/mol. The molecule has 0 radical (unpaired) electrons. The molecular formula is C13H18BrN5. The van der Waals surface area contributed by atoms with Gasteiger partial charge in [-0.25, -0.2) is 9.97 Å². The third-order valence-corrected chi connectivity index (χ3v) is 3.89. The Morgan fingerprint density at radius 1 is 1.53 bits per heavy atom. The van der Waals surface area contributed by atoms with Crippen LogP contribution in [0.2, 0.25) is 0 Å². The highest BCUT2D eigenvalue weighted by Gasteiger charge is 2.27. The van der Waals surface area contributed by atoms with Crippen LogP contribution in [0.4, 0.5) is 5.82 Å². The maximum absolute atomic E-state index is 4.46. The first-order valence-corrected chi connectivity index (χ1v) is 7.54. The maximum Gasteiger partial charge on any atom is 0.180 e. The molecule has 0 spiro atoms. The van der Waals surface area contributed by atoms with Gasteiger partial charge in [-0.05, 0) is 35.3 Å². The van der Waals surface area contributed by atoms with Crippen LogP contribution < -0.4 is 5.32 Å². The highest BCUT2D eigenvalue weighted by Crippen LogP contribution is 2.26. The summed E-state index contributed by atoms with van der Waals surface area (Å²) >= 11 is 3.43. The van der Waals surface area contributed by atoms with Gasteiger partial charge in [0.15, 0.2) is 11.5 Å². The van der Waals surface area contributed by atoms with Crippen LogP contribution in [-0.4, -0.2) is 44.9 Å². The second-order valence-electron chi connectivity index (χ2n) is 4.86. The van der Waals surface area contributed by atoms with E-state index in [1.165, 1.54) is 12.8 Å². The lowest BCUT2D eigenvalue weighted by molar-refractivity contribution is 0.289. The Balaban J connectivity index is 1.66. The van der Waals surface area contributed by atoms with E-state index in [9.17, 15) is 0 Å². The number of hydrogen-bond acceptors (Lipinski definition) is 4. The molecule has 102 valence electrons. The summed E-state index contributed by atoms with van der Waals surface area (Å²) < 4.78 is 2.78. The fraction of sp³-hybridized carbons (Fsp3) is 0.538. The van der Waals surface area contributed by atoms with E-state index >= 15 is 0 Å². The van der Waals surface area contributed by atoms with E-state index in [-0.39, 0.29) is 0 Å². The van der Waals surface area contributed by atoms with Crippen LogP contribution in [-0.2, 0) is 0 Å². The van der Waals surface area contributed by atoms with E-state index in [1.54, 1.807) is 6.20 Å². The molecule has 1 fully saturated rings. The highest BCUT2D eigenvalue weighted by molar-refractivity contribution is 9.10. The quantitative estimate of drug-likeness (QED) is 0.886. The number of halogens is 1. The molecular weight excluding hydrogens is 306 g/mol. The molecule has 1 aliphatic carbocycles. The van der Waals surface area contributed by atoms with Crippen molar-refractivity contribution in [2.24, 2.45) is 0 Å². The number of fused-ring (bicyclic) bond motifs is 1. The van der Waals surface area contributed by atoms with Gasteiger partial charge in [0, 0.05) is 37.7 Å². The van der Waals surface area contributed by atoms with Gasteiger partial charge in [0.1, 0.15) is 4.60 Å². The molecule has 6 heteroatoms. The number of anilines is 1.